The molecule has 17 heavy (non-hydrogen) atoms. The lowest BCUT2D eigenvalue weighted by Gasteiger charge is -2.34. The lowest BCUT2D eigenvalue weighted by Crippen LogP contribution is -2.45. The highest BCUT2D eigenvalue weighted by Crippen LogP contribution is 2.32. The summed E-state index contributed by atoms with van der Waals surface area (Å²) in [5.74, 6) is 0.811. The molecule has 0 radical (unpaired) electrons. The maximum absolute atomic E-state index is 5.84. The molecule has 0 N–H and O–H groups in total. The molecule has 0 spiro atoms. The molecule has 1 aliphatic heterocycles. The Labute approximate surface area is 109 Å². The SMILES string of the molecule is CC(C)CCCC(B1OCCCO1)[Si](C)(C)C. The normalized spacial score (nSPS) is 19.8. The van der Waals surface area contributed by atoms with Crippen molar-refractivity contribution in [3.05, 3.63) is 0 Å². The van der Waals surface area contributed by atoms with Crippen LogP contribution in [0, 0.1) is 5.92 Å². The zero-order chi connectivity index (χ0) is 12.9. The van der Waals surface area contributed by atoms with Gasteiger partial charge in [0.2, 0.25) is 0 Å². The Hall–Kier alpha value is 0.202. The summed E-state index contributed by atoms with van der Waals surface area (Å²) in [5, 5.41) is 0. The van der Waals surface area contributed by atoms with Gasteiger partial charge < -0.3 is 9.31 Å². The Bertz CT molecular complexity index is 210. The minimum Gasteiger partial charge on any atom is -0.411 e. The van der Waals surface area contributed by atoms with Crippen LogP contribution in [0.3, 0.4) is 0 Å². The molecular formula is C13H29BO2Si. The third-order valence-electron chi connectivity index (χ3n) is 3.59. The minimum absolute atomic E-state index is 0.0857. The second-order valence-electron chi connectivity index (χ2n) is 6.76. The molecule has 0 aromatic heterocycles. The molecule has 4 heteroatoms. The molecule has 0 aromatic rings. The number of rotatable bonds is 6. The molecule has 1 aliphatic rings. The van der Waals surface area contributed by atoms with Crippen molar-refractivity contribution < 1.29 is 9.31 Å². The Morgan fingerprint density at radius 2 is 1.65 bits per heavy atom. The van der Waals surface area contributed by atoms with Gasteiger partial charge in [0.05, 0.1) is 0 Å². The van der Waals surface area contributed by atoms with Gasteiger partial charge in [-0.05, 0) is 17.8 Å². The van der Waals surface area contributed by atoms with Crippen LogP contribution in [0.25, 0.3) is 0 Å². The van der Waals surface area contributed by atoms with E-state index in [0.717, 1.165) is 25.6 Å². The van der Waals surface area contributed by atoms with Crippen LogP contribution in [-0.4, -0.2) is 28.4 Å². The first-order valence-corrected chi connectivity index (χ1v) is 10.7. The van der Waals surface area contributed by atoms with Gasteiger partial charge in [-0.3, -0.25) is 0 Å². The van der Waals surface area contributed by atoms with Crippen molar-refractivity contribution in [2.45, 2.75) is 64.6 Å². The van der Waals surface area contributed by atoms with E-state index in [1.807, 2.05) is 0 Å². The standard InChI is InChI=1S/C13H29BO2Si/c1-12(2)8-6-9-13(17(3,4)5)14-15-10-7-11-16-14/h12-13H,6-11H2,1-5H3. The summed E-state index contributed by atoms with van der Waals surface area (Å²) >= 11 is 0. The van der Waals surface area contributed by atoms with Crippen molar-refractivity contribution >= 4 is 15.2 Å². The Kier molecular flexibility index (Phi) is 6.24. The van der Waals surface area contributed by atoms with Crippen molar-refractivity contribution in [2.24, 2.45) is 5.92 Å². The molecule has 100 valence electrons. The zero-order valence-corrected chi connectivity index (χ0v) is 13.3. The molecule has 0 aliphatic carbocycles. The second-order valence-corrected chi connectivity index (χ2v) is 12.2. The largest absolute Gasteiger partial charge is 0.457 e. The van der Waals surface area contributed by atoms with E-state index in [0.29, 0.717) is 5.44 Å². The average molecular weight is 256 g/mol. The van der Waals surface area contributed by atoms with Crippen LogP contribution in [0.5, 0.6) is 0 Å². The maximum atomic E-state index is 5.84. The quantitative estimate of drug-likeness (QED) is 0.669. The number of hydrogen-bond acceptors (Lipinski definition) is 2. The first-order chi connectivity index (χ1) is 7.91. The zero-order valence-electron chi connectivity index (χ0n) is 12.3. The van der Waals surface area contributed by atoms with Crippen molar-refractivity contribution in [1.29, 1.82) is 0 Å². The molecule has 0 saturated carbocycles. The third-order valence-corrected chi connectivity index (χ3v) is 6.38. The summed E-state index contributed by atoms with van der Waals surface area (Å²) in [7, 11) is -1.11. The van der Waals surface area contributed by atoms with Gasteiger partial charge in [0.1, 0.15) is 0 Å². The highest BCUT2D eigenvalue weighted by molar-refractivity contribution is 6.86. The van der Waals surface area contributed by atoms with E-state index < -0.39 is 8.07 Å². The van der Waals surface area contributed by atoms with Crippen LogP contribution in [0.4, 0.5) is 0 Å². The molecular weight excluding hydrogens is 227 g/mol. The van der Waals surface area contributed by atoms with Crippen LogP contribution in [0.2, 0.25) is 25.1 Å². The molecule has 1 rings (SSSR count). The summed E-state index contributed by atoms with van der Waals surface area (Å²) in [6.07, 6.45) is 4.98. The summed E-state index contributed by atoms with van der Waals surface area (Å²) < 4.78 is 11.7. The van der Waals surface area contributed by atoms with Gasteiger partial charge in [-0.25, -0.2) is 0 Å². The Morgan fingerprint density at radius 3 is 2.12 bits per heavy atom. The summed E-state index contributed by atoms with van der Waals surface area (Å²) in [6, 6.07) is 0. The van der Waals surface area contributed by atoms with E-state index in [1.165, 1.54) is 19.3 Å². The molecule has 1 saturated heterocycles. The summed E-state index contributed by atoms with van der Waals surface area (Å²) in [6.45, 7) is 13.7. The Morgan fingerprint density at radius 1 is 1.06 bits per heavy atom. The van der Waals surface area contributed by atoms with E-state index in [2.05, 4.69) is 33.5 Å². The second kappa shape index (κ2) is 6.96. The van der Waals surface area contributed by atoms with Gasteiger partial charge in [-0.15, -0.1) is 0 Å². The van der Waals surface area contributed by atoms with Gasteiger partial charge in [0.15, 0.2) is 0 Å². The van der Waals surface area contributed by atoms with Gasteiger partial charge in [0.25, 0.3) is 0 Å². The van der Waals surface area contributed by atoms with Crippen molar-refractivity contribution in [2.75, 3.05) is 13.2 Å². The molecule has 0 aromatic carbocycles. The molecule has 0 amide bonds. The molecule has 1 atom stereocenters. The van der Waals surface area contributed by atoms with Crippen LogP contribution in [0.1, 0.15) is 39.5 Å². The van der Waals surface area contributed by atoms with Crippen LogP contribution >= 0.6 is 0 Å². The molecule has 1 fully saturated rings. The minimum atomic E-state index is -1.20. The fourth-order valence-electron chi connectivity index (χ4n) is 2.46. The van der Waals surface area contributed by atoms with E-state index in [9.17, 15) is 0 Å². The van der Waals surface area contributed by atoms with Crippen LogP contribution < -0.4 is 0 Å². The molecule has 1 heterocycles. The highest BCUT2D eigenvalue weighted by atomic mass is 28.3. The first-order valence-electron chi connectivity index (χ1n) is 7.14. The average Bonchev–Trinajstić information content (AvgIpc) is 2.23. The number of hydrogen-bond donors (Lipinski definition) is 0. The van der Waals surface area contributed by atoms with Crippen LogP contribution in [0.15, 0.2) is 0 Å². The van der Waals surface area contributed by atoms with Gasteiger partial charge in [0, 0.05) is 21.3 Å². The molecule has 2 nitrogen and oxygen atoms in total. The van der Waals surface area contributed by atoms with Crippen molar-refractivity contribution in [3.8, 4) is 0 Å². The van der Waals surface area contributed by atoms with E-state index >= 15 is 0 Å². The maximum Gasteiger partial charge on any atom is 0.457 e. The van der Waals surface area contributed by atoms with E-state index in [-0.39, 0.29) is 7.12 Å². The van der Waals surface area contributed by atoms with Gasteiger partial charge in [-0.2, -0.15) is 0 Å². The Balaban J connectivity index is 2.48. The molecule has 0 bridgehead atoms. The van der Waals surface area contributed by atoms with Gasteiger partial charge in [-0.1, -0.05) is 52.8 Å². The van der Waals surface area contributed by atoms with Gasteiger partial charge >= 0.3 is 7.12 Å². The summed E-state index contributed by atoms with van der Waals surface area (Å²) in [4.78, 5) is 0. The summed E-state index contributed by atoms with van der Waals surface area (Å²) in [5.41, 5.74) is 0.654. The molecule has 1 unspecified atom stereocenters. The highest BCUT2D eigenvalue weighted by Gasteiger charge is 2.40. The third kappa shape index (κ3) is 5.58. The van der Waals surface area contributed by atoms with Crippen molar-refractivity contribution in [1.82, 2.24) is 0 Å². The monoisotopic (exact) mass is 256 g/mol. The topological polar surface area (TPSA) is 18.5 Å². The smallest absolute Gasteiger partial charge is 0.411 e. The van der Waals surface area contributed by atoms with Crippen LogP contribution in [-0.2, 0) is 9.31 Å². The fraction of sp³-hybridized carbons (Fsp3) is 1.00. The lowest BCUT2D eigenvalue weighted by atomic mass is 9.79. The predicted octanol–water partition coefficient (Wildman–Crippen LogP) is 3.99. The van der Waals surface area contributed by atoms with E-state index in [4.69, 9.17) is 9.31 Å². The predicted molar refractivity (Wildman–Crippen MR) is 78.1 cm³/mol. The first kappa shape index (κ1) is 15.3. The van der Waals surface area contributed by atoms with Crippen molar-refractivity contribution in [3.63, 3.8) is 0 Å². The fourth-order valence-corrected chi connectivity index (χ4v) is 4.54. The lowest BCUT2D eigenvalue weighted by molar-refractivity contribution is 0.130. The van der Waals surface area contributed by atoms with E-state index in [1.54, 1.807) is 0 Å².